The van der Waals surface area contributed by atoms with Crippen molar-refractivity contribution in [1.29, 1.82) is 0 Å². The molecule has 1 rings (SSSR count). The topological polar surface area (TPSA) is 53.9 Å². The van der Waals surface area contributed by atoms with E-state index in [4.69, 9.17) is 4.74 Å². The molecule has 1 fully saturated rings. The number of thioether (sulfide) groups is 1. The summed E-state index contributed by atoms with van der Waals surface area (Å²) in [4.78, 5) is 10.7. The molecule has 2 atom stereocenters. The molecule has 0 saturated carbocycles. The predicted octanol–water partition coefficient (Wildman–Crippen LogP) is -3.33. The fraction of sp³-hybridized carbons (Fsp3) is 0.857. The van der Waals surface area contributed by atoms with Crippen LogP contribution in [0.15, 0.2) is 0 Å². The molecule has 0 aromatic rings. The van der Waals surface area contributed by atoms with Gasteiger partial charge in [0.15, 0.2) is 5.12 Å². The second kappa shape index (κ2) is 5.80. The van der Waals surface area contributed by atoms with Gasteiger partial charge in [-0.2, -0.15) is 0 Å². The van der Waals surface area contributed by atoms with Crippen molar-refractivity contribution < 1.29 is 27.7 Å². The maximum Gasteiger partial charge on any atom is 0.186 e. The summed E-state index contributed by atoms with van der Waals surface area (Å²) in [6, 6.07) is 0. The maximum atomic E-state index is 10.7. The molecule has 0 amide bonds. The van der Waals surface area contributed by atoms with E-state index in [1.807, 2.05) is 0 Å². The fourth-order valence-corrected chi connectivity index (χ4v) is 2.25. The molecule has 3 nitrogen and oxygen atoms in total. The van der Waals surface area contributed by atoms with Gasteiger partial charge < -0.3 is 22.9 Å². The fourth-order valence-electron chi connectivity index (χ4n) is 1.25. The second-order valence-corrected chi connectivity index (χ2v) is 4.05. The first kappa shape index (κ1) is 12.2. The number of hydrogen-bond donors (Lipinski definition) is 1. The van der Waals surface area contributed by atoms with Crippen LogP contribution in [0.4, 0.5) is 0 Å². The third-order valence-corrected chi connectivity index (χ3v) is 2.92. The molecule has 72 valence electrons. The molecule has 0 aromatic heterocycles. The van der Waals surface area contributed by atoms with E-state index in [-0.39, 0.29) is 23.6 Å². The molecule has 3 N–H and O–H groups in total. The highest BCUT2D eigenvalue weighted by Gasteiger charge is 2.29. The van der Waals surface area contributed by atoms with Gasteiger partial charge in [0.05, 0.1) is 0 Å². The molecule has 5 heteroatoms. The number of ether oxygens (including phenoxy) is 1. The highest BCUT2D eigenvalue weighted by atomic mass is 35.5. The van der Waals surface area contributed by atoms with Crippen molar-refractivity contribution >= 4 is 16.9 Å². The molecule has 12 heavy (non-hydrogen) atoms. The largest absolute Gasteiger partial charge is 1.00 e. The first-order valence-electron chi connectivity index (χ1n) is 3.82. The lowest BCUT2D eigenvalue weighted by Gasteiger charge is -2.11. The van der Waals surface area contributed by atoms with E-state index in [1.54, 1.807) is 6.92 Å². The number of halogens is 1. The lowest BCUT2D eigenvalue weighted by molar-refractivity contribution is -0.383. The normalized spacial score (nSPS) is 28.2. The molecule has 0 spiro atoms. The van der Waals surface area contributed by atoms with Gasteiger partial charge in [0.2, 0.25) is 0 Å². The lowest BCUT2D eigenvalue weighted by Crippen LogP contribution is -3.00. The third kappa shape index (κ3) is 3.31. The van der Waals surface area contributed by atoms with Gasteiger partial charge in [-0.3, -0.25) is 4.79 Å². The van der Waals surface area contributed by atoms with Crippen molar-refractivity contribution in [3.8, 4) is 0 Å². The summed E-state index contributed by atoms with van der Waals surface area (Å²) in [6.45, 7) is 3.15. The van der Waals surface area contributed by atoms with Crippen molar-refractivity contribution in [2.45, 2.75) is 24.7 Å². The van der Waals surface area contributed by atoms with Gasteiger partial charge in [0.25, 0.3) is 0 Å². The van der Waals surface area contributed by atoms with E-state index in [1.165, 1.54) is 11.8 Å². The molecule has 1 aliphatic heterocycles. The van der Waals surface area contributed by atoms with Gasteiger partial charge in [-0.25, -0.2) is 0 Å². The van der Waals surface area contributed by atoms with Crippen molar-refractivity contribution in [3.05, 3.63) is 0 Å². The van der Waals surface area contributed by atoms with E-state index >= 15 is 0 Å². The van der Waals surface area contributed by atoms with E-state index in [0.29, 0.717) is 5.25 Å². The first-order chi connectivity index (χ1) is 5.24. The van der Waals surface area contributed by atoms with Crippen LogP contribution >= 0.6 is 11.8 Å². The first-order valence-corrected chi connectivity index (χ1v) is 4.70. The van der Waals surface area contributed by atoms with Crippen LogP contribution in [-0.2, 0) is 9.53 Å². The zero-order valence-corrected chi connectivity index (χ0v) is 8.66. The summed E-state index contributed by atoms with van der Waals surface area (Å²) in [5.41, 5.74) is 3.78. The Bertz CT molecular complexity index is 156. The Kier molecular flexibility index (Phi) is 5.92. The molecule has 0 bridgehead atoms. The van der Waals surface area contributed by atoms with Crippen molar-refractivity contribution in [2.75, 3.05) is 13.2 Å². The minimum Gasteiger partial charge on any atom is -1.00 e. The Morgan fingerprint density at radius 1 is 1.75 bits per heavy atom. The van der Waals surface area contributed by atoms with E-state index in [0.717, 1.165) is 19.6 Å². The quantitative estimate of drug-likeness (QED) is 0.520. The Labute approximate surface area is 82.8 Å². The van der Waals surface area contributed by atoms with Gasteiger partial charge >= 0.3 is 0 Å². The minimum absolute atomic E-state index is 0. The Hall–Kier alpha value is 0.230. The number of quaternary nitrogens is 1. The maximum absolute atomic E-state index is 10.7. The summed E-state index contributed by atoms with van der Waals surface area (Å²) in [5, 5.41) is 0.531. The van der Waals surface area contributed by atoms with Crippen LogP contribution in [0.5, 0.6) is 0 Å². The van der Waals surface area contributed by atoms with Crippen LogP contribution < -0.4 is 18.1 Å². The average Bonchev–Trinajstić information content (AvgIpc) is 2.34. The highest BCUT2D eigenvalue weighted by Crippen LogP contribution is 2.25. The average molecular weight is 212 g/mol. The molecular formula is C7H14ClNO2S. The summed E-state index contributed by atoms with van der Waals surface area (Å²) in [7, 11) is 0. The summed E-state index contributed by atoms with van der Waals surface area (Å²) < 4.78 is 5.38. The molecule has 1 saturated heterocycles. The Morgan fingerprint density at radius 3 is 2.92 bits per heavy atom. The second-order valence-electron chi connectivity index (χ2n) is 2.63. The van der Waals surface area contributed by atoms with Crippen LogP contribution in [-0.4, -0.2) is 29.6 Å². The van der Waals surface area contributed by atoms with E-state index in [2.05, 4.69) is 5.73 Å². The number of carbonyl (C=O) groups excluding carboxylic acids is 1. The number of rotatable bonds is 2. The van der Waals surface area contributed by atoms with Crippen LogP contribution in [0.1, 0.15) is 13.3 Å². The van der Waals surface area contributed by atoms with Crippen molar-refractivity contribution in [3.63, 3.8) is 0 Å². The summed E-state index contributed by atoms with van der Waals surface area (Å²) >= 11 is 1.39. The molecule has 0 aliphatic carbocycles. The molecule has 1 aliphatic rings. The van der Waals surface area contributed by atoms with Gasteiger partial charge in [-0.15, -0.1) is 0 Å². The van der Waals surface area contributed by atoms with Crippen LogP contribution in [0.25, 0.3) is 0 Å². The van der Waals surface area contributed by atoms with Gasteiger partial charge in [0.1, 0.15) is 12.6 Å². The highest BCUT2D eigenvalue weighted by molar-refractivity contribution is 8.14. The van der Waals surface area contributed by atoms with Gasteiger partial charge in [-0.05, 0) is 6.42 Å². The van der Waals surface area contributed by atoms with Gasteiger partial charge in [0, 0.05) is 18.8 Å². The van der Waals surface area contributed by atoms with E-state index < -0.39 is 0 Å². The Balaban J connectivity index is 0.00000121. The Morgan fingerprint density at radius 2 is 2.42 bits per heavy atom. The minimum atomic E-state index is 0. The van der Waals surface area contributed by atoms with Crippen LogP contribution in [0, 0.1) is 0 Å². The zero-order valence-electron chi connectivity index (χ0n) is 7.09. The molecule has 0 radical (unpaired) electrons. The van der Waals surface area contributed by atoms with E-state index in [9.17, 15) is 4.79 Å². The number of carbonyl (C=O) groups is 1. The SMILES string of the molecule is CC(=O)S[C@@H]1CCO[C@@H]1C[NH3+].[Cl-]. The molecular weight excluding hydrogens is 198 g/mol. The monoisotopic (exact) mass is 211 g/mol. The standard InChI is InChI=1S/C7H13NO2S.ClH/c1-5(9)11-7-2-3-10-6(7)4-8;/h6-7H,2-4,8H2,1H3;1H/t6-,7-;/m1./s1. The predicted molar refractivity (Wildman–Crippen MR) is 44.2 cm³/mol. The van der Waals surface area contributed by atoms with Crippen LogP contribution in [0.2, 0.25) is 0 Å². The molecule has 1 heterocycles. The summed E-state index contributed by atoms with van der Waals surface area (Å²) in [5.74, 6) is 0. The lowest BCUT2D eigenvalue weighted by atomic mass is 10.2. The molecule has 0 unspecified atom stereocenters. The summed E-state index contributed by atoms with van der Waals surface area (Å²) in [6.07, 6.45) is 1.19. The molecule has 0 aromatic carbocycles. The zero-order chi connectivity index (χ0) is 8.27. The smallest absolute Gasteiger partial charge is 0.186 e. The van der Waals surface area contributed by atoms with Crippen molar-refractivity contribution in [2.24, 2.45) is 0 Å². The van der Waals surface area contributed by atoms with Crippen LogP contribution in [0.3, 0.4) is 0 Å². The third-order valence-electron chi connectivity index (χ3n) is 1.75. The number of hydrogen-bond acceptors (Lipinski definition) is 3. The van der Waals surface area contributed by atoms with Gasteiger partial charge in [-0.1, -0.05) is 11.8 Å². The van der Waals surface area contributed by atoms with Crippen molar-refractivity contribution in [1.82, 2.24) is 0 Å².